The molecule has 0 spiro atoms. The molecule has 9 heterocycles. The number of para-hydroxylation sites is 3. The van der Waals surface area contributed by atoms with E-state index < -0.39 is 0 Å². The van der Waals surface area contributed by atoms with Crippen LogP contribution in [-0.4, -0.2) is 52.4 Å². The molecule has 0 amide bonds. The van der Waals surface area contributed by atoms with Crippen molar-refractivity contribution in [3.63, 3.8) is 0 Å². The SMILES string of the molecule is CCn1c2ccccc2c2cc(CNc3c(O)cnc4c3C=NC4)ccc21.CCn1c2ccccc2c2cc(CNc3cc(=O)[nH]c4c3C=NC4)ccc21.CCn1c2ccccc2c2cc(CNc3ccnc4c3C=NC4)ccc21. The zero-order chi connectivity index (χ0) is 54.3. The Morgan fingerprint density at radius 3 is 1.46 bits per heavy atom. The monoisotopic (exact) mass is 1050 g/mol. The first-order valence-corrected chi connectivity index (χ1v) is 27.5. The van der Waals surface area contributed by atoms with Crippen LogP contribution in [0.2, 0.25) is 0 Å². The molecule has 3 aliphatic rings. The van der Waals surface area contributed by atoms with Gasteiger partial charge < -0.3 is 39.7 Å². The highest BCUT2D eigenvalue weighted by Gasteiger charge is 2.19. The van der Waals surface area contributed by atoms with E-state index >= 15 is 0 Å². The number of nitrogens with zero attached hydrogens (tertiary/aromatic N) is 8. The second-order valence-corrected chi connectivity index (χ2v) is 20.3. The van der Waals surface area contributed by atoms with E-state index in [9.17, 15) is 9.90 Å². The lowest BCUT2D eigenvalue weighted by Gasteiger charge is -2.12. The molecule has 14 nitrogen and oxygen atoms in total. The van der Waals surface area contributed by atoms with E-state index in [-0.39, 0.29) is 11.3 Å². The van der Waals surface area contributed by atoms with Crippen molar-refractivity contribution in [2.24, 2.45) is 15.0 Å². The van der Waals surface area contributed by atoms with Crippen LogP contribution in [-0.2, 0) is 58.9 Å². The third-order valence-electron chi connectivity index (χ3n) is 15.7. The smallest absolute Gasteiger partial charge is 0.250 e. The Kier molecular flexibility index (Phi) is 13.2. The zero-order valence-electron chi connectivity index (χ0n) is 45.0. The van der Waals surface area contributed by atoms with Gasteiger partial charge in [0, 0.05) is 158 Å². The number of rotatable bonds is 12. The molecule has 0 atom stereocenters. The maximum absolute atomic E-state index is 11.9. The highest BCUT2D eigenvalue weighted by Crippen LogP contribution is 2.35. The minimum Gasteiger partial charge on any atom is -0.504 e. The quantitative estimate of drug-likeness (QED) is 0.0812. The predicted octanol–water partition coefficient (Wildman–Crippen LogP) is 13.3. The maximum atomic E-state index is 11.9. The molecule has 5 N–H and O–H groups in total. The summed E-state index contributed by atoms with van der Waals surface area (Å²) in [6.45, 7) is 13.3. The molecule has 15 rings (SSSR count). The number of benzene rings is 6. The Morgan fingerprint density at radius 1 is 0.475 bits per heavy atom. The average Bonchev–Trinajstić information content (AvgIpc) is 4.39. The van der Waals surface area contributed by atoms with Crippen molar-refractivity contribution in [3.8, 4) is 5.75 Å². The maximum Gasteiger partial charge on any atom is 0.250 e. The second-order valence-electron chi connectivity index (χ2n) is 20.3. The van der Waals surface area contributed by atoms with Crippen molar-refractivity contribution < 1.29 is 5.11 Å². The van der Waals surface area contributed by atoms with Gasteiger partial charge in [-0.15, -0.1) is 0 Å². The largest absolute Gasteiger partial charge is 0.504 e. The number of H-pyrrole nitrogens is 1. The topological polar surface area (TPSA) is 167 Å². The van der Waals surface area contributed by atoms with Gasteiger partial charge in [-0.3, -0.25) is 29.7 Å². The minimum absolute atomic E-state index is 0.0942. The van der Waals surface area contributed by atoms with Crippen LogP contribution in [0, 0.1) is 0 Å². The summed E-state index contributed by atoms with van der Waals surface area (Å²) in [5, 5.41) is 28.3. The first kappa shape index (κ1) is 49.7. The third kappa shape index (κ3) is 9.07. The van der Waals surface area contributed by atoms with Crippen LogP contribution in [0.1, 0.15) is 71.2 Å². The van der Waals surface area contributed by atoms with E-state index in [1.807, 2.05) is 24.7 Å². The lowest BCUT2D eigenvalue weighted by Crippen LogP contribution is -2.12. The van der Waals surface area contributed by atoms with E-state index in [2.05, 4.69) is 208 Å². The molecule has 14 heteroatoms. The zero-order valence-corrected chi connectivity index (χ0v) is 45.0. The molecule has 0 saturated heterocycles. The molecular weight excluding hydrogens is 993 g/mol. The van der Waals surface area contributed by atoms with E-state index in [4.69, 9.17) is 0 Å². The van der Waals surface area contributed by atoms with E-state index in [0.717, 1.165) is 71.3 Å². The Morgan fingerprint density at radius 2 is 0.925 bits per heavy atom. The van der Waals surface area contributed by atoms with Crippen LogP contribution in [0.15, 0.2) is 172 Å². The first-order valence-electron chi connectivity index (χ1n) is 27.5. The Balaban J connectivity index is 0.000000113. The number of nitrogens with one attached hydrogen (secondary N) is 4. The van der Waals surface area contributed by atoms with Gasteiger partial charge in [0.25, 0.3) is 0 Å². The molecule has 396 valence electrons. The van der Waals surface area contributed by atoms with Gasteiger partial charge in [0.05, 0.1) is 54.3 Å². The standard InChI is InChI=1S/2C22H20N4O.C22H20N4/c1-2-26-20-6-4-3-5-15(20)16-9-14(7-8-21(16)26)11-24-18-10-22(27)25-19-13-23-12-17(18)19;1-2-26-19-6-4-3-5-15(19)16-9-14(7-8-20(16)26)10-25-22-17-11-23-12-18(17)24-13-21(22)27;1-2-26-21-6-4-3-5-16(21)17-11-15(7-8-22(17)26)12-25-19-9-10-24-20-14-23-13-18(19)20/h3-10,12H,2,11,13H2,1H3,(H2,24,25,27);3-9,11,13,27H,2,10,12H2,1H3,(H,24,25);3-11,13H,2,12,14H2,1H3,(H,24,25). The summed E-state index contributed by atoms with van der Waals surface area (Å²) in [5.41, 5.74) is 19.7. The van der Waals surface area contributed by atoms with Gasteiger partial charge in [-0.05, 0) is 98.1 Å². The normalized spacial score (nSPS) is 12.8. The van der Waals surface area contributed by atoms with Gasteiger partial charge in [-0.25, -0.2) is 0 Å². The number of pyridine rings is 3. The van der Waals surface area contributed by atoms with Crippen LogP contribution in [0.25, 0.3) is 65.4 Å². The lowest BCUT2D eigenvalue weighted by molar-refractivity contribution is 0.474. The fourth-order valence-corrected chi connectivity index (χ4v) is 11.9. The van der Waals surface area contributed by atoms with Crippen molar-refractivity contribution >= 4 is 101 Å². The molecule has 0 unspecified atom stereocenters. The molecule has 6 aromatic heterocycles. The number of aromatic hydroxyl groups is 1. The van der Waals surface area contributed by atoms with Gasteiger partial charge in [0.2, 0.25) is 5.56 Å². The average molecular weight is 1050 g/mol. The molecule has 0 fully saturated rings. The number of aryl methyl sites for hydroxylation is 3. The molecular formula is C66H60N12O2. The van der Waals surface area contributed by atoms with Gasteiger partial charge in [-0.2, -0.15) is 0 Å². The molecule has 3 aliphatic heterocycles. The van der Waals surface area contributed by atoms with Crippen LogP contribution in [0.5, 0.6) is 5.75 Å². The molecule has 0 radical (unpaired) electrons. The highest BCUT2D eigenvalue weighted by atomic mass is 16.3. The molecule has 0 saturated carbocycles. The minimum atomic E-state index is -0.0942. The van der Waals surface area contributed by atoms with Crippen LogP contribution in [0.3, 0.4) is 0 Å². The Bertz CT molecular complexity index is 4540. The fraction of sp³-hybridized carbons (Fsp3) is 0.182. The van der Waals surface area contributed by atoms with E-state index in [0.29, 0.717) is 38.4 Å². The summed E-state index contributed by atoms with van der Waals surface area (Å²) in [6, 6.07) is 49.3. The number of fused-ring (bicyclic) bond motifs is 12. The molecule has 0 bridgehead atoms. The number of aliphatic imine (C=N–C) groups is 3. The van der Waals surface area contributed by atoms with Crippen molar-refractivity contribution in [1.82, 2.24) is 28.7 Å². The lowest BCUT2D eigenvalue weighted by atomic mass is 10.1. The van der Waals surface area contributed by atoms with Gasteiger partial charge in [-0.1, -0.05) is 72.8 Å². The van der Waals surface area contributed by atoms with Gasteiger partial charge in [0.15, 0.2) is 5.75 Å². The summed E-state index contributed by atoms with van der Waals surface area (Å²) in [5.74, 6) is 0.158. The molecule has 12 aromatic rings. The second kappa shape index (κ2) is 21.2. The number of anilines is 3. The number of hydrogen-bond acceptors (Lipinski definition) is 10. The van der Waals surface area contributed by atoms with Crippen molar-refractivity contribution in [3.05, 3.63) is 213 Å². The van der Waals surface area contributed by atoms with Crippen LogP contribution < -0.4 is 21.5 Å². The number of aromatic amines is 1. The third-order valence-corrected chi connectivity index (χ3v) is 15.7. The summed E-state index contributed by atoms with van der Waals surface area (Å²) >= 11 is 0. The summed E-state index contributed by atoms with van der Waals surface area (Å²) < 4.78 is 7.08. The van der Waals surface area contributed by atoms with Crippen LogP contribution in [0.4, 0.5) is 17.1 Å². The molecule has 80 heavy (non-hydrogen) atoms. The number of hydrogen-bond donors (Lipinski definition) is 5. The fourth-order valence-electron chi connectivity index (χ4n) is 11.9. The van der Waals surface area contributed by atoms with Crippen molar-refractivity contribution in [1.29, 1.82) is 0 Å². The van der Waals surface area contributed by atoms with Crippen molar-refractivity contribution in [2.75, 3.05) is 16.0 Å². The van der Waals surface area contributed by atoms with Crippen LogP contribution >= 0.6 is 0 Å². The molecule has 6 aromatic carbocycles. The Hall–Kier alpha value is -9.82. The van der Waals surface area contributed by atoms with Crippen molar-refractivity contribution in [2.45, 2.75) is 79.7 Å². The molecule has 0 aliphatic carbocycles. The van der Waals surface area contributed by atoms with Gasteiger partial charge in [0.1, 0.15) is 0 Å². The summed E-state index contributed by atoms with van der Waals surface area (Å²) in [4.78, 5) is 36.2. The summed E-state index contributed by atoms with van der Waals surface area (Å²) in [7, 11) is 0. The highest BCUT2D eigenvalue weighted by molar-refractivity contribution is 6.10. The van der Waals surface area contributed by atoms with Gasteiger partial charge >= 0.3 is 0 Å². The first-order chi connectivity index (χ1) is 39.3. The number of aromatic nitrogens is 6. The predicted molar refractivity (Wildman–Crippen MR) is 328 cm³/mol. The van der Waals surface area contributed by atoms with E-state index in [1.54, 1.807) is 12.3 Å². The van der Waals surface area contributed by atoms with E-state index in [1.165, 1.54) is 88.3 Å². The Labute approximate surface area is 461 Å². The summed E-state index contributed by atoms with van der Waals surface area (Å²) in [6.07, 6.45) is 8.87.